The first-order chi connectivity index (χ1) is 23.0. The maximum Gasteiger partial charge on any atom is 0.139 e. The zero-order valence-corrected chi connectivity index (χ0v) is 29.8. The summed E-state index contributed by atoms with van der Waals surface area (Å²) in [6.45, 7) is 4.64. The molecule has 236 valence electrons. The van der Waals surface area contributed by atoms with Crippen LogP contribution in [0.3, 0.4) is 0 Å². The fraction of sp³-hybridized carbons (Fsp3) is 0.0476. The van der Waals surface area contributed by atoms with E-state index < -0.39 is 8.07 Å². The third-order valence-electron chi connectivity index (χ3n) is 9.09. The second-order valence-electron chi connectivity index (χ2n) is 12.4. The Morgan fingerprint density at radius 1 is 0.646 bits per heavy atom. The standard InChI is InChI=1S/C42H32N3OSi.Pt/c1-47(2,40-22-11-12-25-43-40)33-19-13-18-32(26-33)41-34(30-16-7-4-8-17-30)28-36-35-27-31(29-14-5-3-6-15-29)23-24-37(35)45(42(36)44-41)38-20-9-10-21-39(38)46;/h3-25,27-28,46H,1-2H3;/q-1;. The molecule has 48 heavy (non-hydrogen) atoms. The summed E-state index contributed by atoms with van der Waals surface area (Å²) in [5.74, 6) is 0.200. The van der Waals surface area contributed by atoms with Crippen LogP contribution in [0.4, 0.5) is 0 Å². The number of hydrogen-bond donors (Lipinski definition) is 1. The van der Waals surface area contributed by atoms with E-state index in [1.165, 1.54) is 5.19 Å². The summed E-state index contributed by atoms with van der Waals surface area (Å²) < 4.78 is 2.09. The monoisotopic (exact) mass is 817 g/mol. The van der Waals surface area contributed by atoms with Crippen molar-refractivity contribution >= 4 is 40.5 Å². The van der Waals surface area contributed by atoms with Crippen molar-refractivity contribution in [3.8, 4) is 44.9 Å². The van der Waals surface area contributed by atoms with Crippen molar-refractivity contribution in [2.45, 2.75) is 13.1 Å². The first-order valence-electron chi connectivity index (χ1n) is 15.8. The third kappa shape index (κ3) is 5.49. The predicted molar refractivity (Wildman–Crippen MR) is 196 cm³/mol. The predicted octanol–water partition coefficient (Wildman–Crippen LogP) is 8.90. The summed E-state index contributed by atoms with van der Waals surface area (Å²) in [5.41, 5.74) is 8.61. The molecule has 8 aromatic rings. The van der Waals surface area contributed by atoms with Crippen LogP contribution >= 0.6 is 0 Å². The van der Waals surface area contributed by atoms with E-state index in [0.717, 1.165) is 60.8 Å². The van der Waals surface area contributed by atoms with Gasteiger partial charge in [-0.25, -0.2) is 0 Å². The number of benzene rings is 5. The first-order valence-corrected chi connectivity index (χ1v) is 18.8. The minimum absolute atomic E-state index is 0. The quantitative estimate of drug-likeness (QED) is 0.135. The van der Waals surface area contributed by atoms with Gasteiger partial charge in [0, 0.05) is 43.4 Å². The number of aromatic nitrogens is 3. The van der Waals surface area contributed by atoms with Crippen LogP contribution in [0.25, 0.3) is 61.1 Å². The molecule has 4 nitrogen and oxygen atoms in total. The molecule has 3 aromatic heterocycles. The van der Waals surface area contributed by atoms with Gasteiger partial charge in [-0.3, -0.25) is 14.5 Å². The van der Waals surface area contributed by atoms with E-state index in [-0.39, 0.29) is 26.8 Å². The molecule has 0 saturated carbocycles. The molecule has 6 heteroatoms. The first kappa shape index (κ1) is 31.5. The van der Waals surface area contributed by atoms with Gasteiger partial charge in [0.1, 0.15) is 19.5 Å². The van der Waals surface area contributed by atoms with Crippen molar-refractivity contribution in [3.05, 3.63) is 158 Å². The molecule has 0 aliphatic heterocycles. The van der Waals surface area contributed by atoms with Gasteiger partial charge < -0.3 is 5.11 Å². The van der Waals surface area contributed by atoms with Crippen LogP contribution < -0.4 is 10.5 Å². The molecular weight excluding hydrogens is 786 g/mol. The number of nitrogens with zero attached hydrogens (tertiary/aromatic N) is 3. The number of aromatic hydroxyl groups is 1. The summed E-state index contributed by atoms with van der Waals surface area (Å²) >= 11 is 0. The van der Waals surface area contributed by atoms with Gasteiger partial charge in [-0.2, -0.15) is 0 Å². The van der Waals surface area contributed by atoms with E-state index in [2.05, 4.69) is 127 Å². The summed E-state index contributed by atoms with van der Waals surface area (Å²) in [6, 6.07) is 53.5. The van der Waals surface area contributed by atoms with Crippen LogP contribution in [0, 0.1) is 6.07 Å². The zero-order chi connectivity index (χ0) is 32.0. The van der Waals surface area contributed by atoms with Gasteiger partial charge in [0.25, 0.3) is 0 Å². The van der Waals surface area contributed by atoms with Crippen molar-refractivity contribution in [1.82, 2.24) is 14.5 Å². The Balaban J connectivity index is 0.00000364. The maximum absolute atomic E-state index is 11.1. The van der Waals surface area contributed by atoms with Gasteiger partial charge in [0.2, 0.25) is 0 Å². The molecule has 8 rings (SSSR count). The van der Waals surface area contributed by atoms with Crippen molar-refractivity contribution in [2.24, 2.45) is 0 Å². The van der Waals surface area contributed by atoms with Gasteiger partial charge in [-0.05, 0) is 70.4 Å². The molecule has 0 aliphatic rings. The Labute approximate surface area is 295 Å². The van der Waals surface area contributed by atoms with Crippen molar-refractivity contribution in [3.63, 3.8) is 0 Å². The van der Waals surface area contributed by atoms with Gasteiger partial charge in [0.15, 0.2) is 0 Å². The van der Waals surface area contributed by atoms with Crippen molar-refractivity contribution < 1.29 is 26.2 Å². The minimum Gasteiger partial charge on any atom is -0.506 e. The molecule has 1 N–H and O–H groups in total. The number of phenolic OH excluding ortho intramolecular Hbond substituents is 1. The van der Waals surface area contributed by atoms with Crippen LogP contribution in [0.2, 0.25) is 13.1 Å². The average molecular weight is 818 g/mol. The summed E-state index contributed by atoms with van der Waals surface area (Å²) in [4.78, 5) is 10.2. The topological polar surface area (TPSA) is 50.9 Å². The number of rotatable bonds is 6. The van der Waals surface area contributed by atoms with Crippen LogP contribution in [0.5, 0.6) is 5.75 Å². The van der Waals surface area contributed by atoms with Crippen LogP contribution in [-0.2, 0) is 21.1 Å². The normalized spacial score (nSPS) is 11.5. The summed E-state index contributed by atoms with van der Waals surface area (Å²) in [7, 11) is -2.14. The molecule has 0 spiro atoms. The maximum atomic E-state index is 11.1. The van der Waals surface area contributed by atoms with E-state index >= 15 is 0 Å². The molecule has 0 unspecified atom stereocenters. The minimum atomic E-state index is -2.14. The van der Waals surface area contributed by atoms with Gasteiger partial charge in [-0.1, -0.05) is 98.0 Å². The number of hydrogen-bond acceptors (Lipinski definition) is 3. The second kappa shape index (κ2) is 12.8. The van der Waals surface area contributed by atoms with Crippen molar-refractivity contribution in [1.29, 1.82) is 0 Å². The van der Waals surface area contributed by atoms with Crippen LogP contribution in [0.15, 0.2) is 152 Å². The number of fused-ring (bicyclic) bond motifs is 3. The number of phenols is 1. The molecule has 3 heterocycles. The Morgan fingerprint density at radius 2 is 1.35 bits per heavy atom. The largest absolute Gasteiger partial charge is 0.506 e. The summed E-state index contributed by atoms with van der Waals surface area (Å²) in [6.07, 6.45) is 1.87. The van der Waals surface area contributed by atoms with E-state index in [1.807, 2.05) is 42.6 Å². The molecule has 0 saturated heterocycles. The Hall–Kier alpha value is -5.09. The van der Waals surface area contributed by atoms with E-state index in [1.54, 1.807) is 6.07 Å². The SMILES string of the molecule is C[Si](C)(c1[c-]c(-c2nc3c(cc2-c2ccccc2)c2cc(-c4ccccc4)ccc2n3-c2ccccc2O)ccc1)c1ccccn1.[Pt]. The van der Waals surface area contributed by atoms with E-state index in [9.17, 15) is 5.11 Å². The smallest absolute Gasteiger partial charge is 0.139 e. The molecule has 0 atom stereocenters. The molecule has 5 aromatic carbocycles. The molecule has 0 aliphatic carbocycles. The van der Waals surface area contributed by atoms with Crippen molar-refractivity contribution in [2.75, 3.05) is 0 Å². The van der Waals surface area contributed by atoms with Crippen LogP contribution in [-0.4, -0.2) is 27.7 Å². The molecule has 0 radical (unpaired) electrons. The van der Waals surface area contributed by atoms with E-state index in [0.29, 0.717) is 5.69 Å². The van der Waals surface area contributed by atoms with Gasteiger partial charge >= 0.3 is 0 Å². The fourth-order valence-electron chi connectivity index (χ4n) is 6.53. The van der Waals surface area contributed by atoms with Crippen LogP contribution in [0.1, 0.15) is 0 Å². The summed E-state index contributed by atoms with van der Waals surface area (Å²) in [5, 5.41) is 15.5. The molecule has 0 amide bonds. The average Bonchev–Trinajstić information content (AvgIpc) is 3.45. The number of para-hydroxylation sites is 2. The Morgan fingerprint density at radius 3 is 2.08 bits per heavy atom. The third-order valence-corrected chi connectivity index (χ3v) is 12.3. The molecular formula is C42H32N3OPtSi-. The van der Waals surface area contributed by atoms with Gasteiger partial charge in [-0.15, -0.1) is 35.0 Å². The Bertz CT molecular complexity index is 2390. The van der Waals surface area contributed by atoms with Gasteiger partial charge in [0.05, 0.1) is 11.2 Å². The second-order valence-corrected chi connectivity index (χ2v) is 16.7. The number of pyridine rings is 2. The van der Waals surface area contributed by atoms with E-state index in [4.69, 9.17) is 9.97 Å². The fourth-order valence-corrected chi connectivity index (χ4v) is 8.67. The molecule has 0 bridgehead atoms. The Kier molecular flexibility index (Phi) is 8.42. The zero-order valence-electron chi connectivity index (χ0n) is 26.5. The molecule has 0 fully saturated rings.